The second-order valence-electron chi connectivity index (χ2n) is 7.22. The van der Waals surface area contributed by atoms with Gasteiger partial charge in [0.2, 0.25) is 5.95 Å². The van der Waals surface area contributed by atoms with Gasteiger partial charge in [0.15, 0.2) is 0 Å². The van der Waals surface area contributed by atoms with Crippen molar-refractivity contribution in [1.29, 1.82) is 0 Å². The number of benzene rings is 1. The zero-order valence-corrected chi connectivity index (χ0v) is 15.9. The SMILES string of the molecule is Cc1cc(-c2ccc(C(=O)N3CCOCC3)cc2)nc(N2CCCCC2)n1. The van der Waals surface area contributed by atoms with Crippen LogP contribution >= 0.6 is 0 Å². The Hall–Kier alpha value is -2.47. The van der Waals surface area contributed by atoms with E-state index in [-0.39, 0.29) is 5.91 Å². The third-order valence-corrected chi connectivity index (χ3v) is 5.21. The van der Waals surface area contributed by atoms with Crippen molar-refractivity contribution in [2.24, 2.45) is 0 Å². The van der Waals surface area contributed by atoms with Crippen LogP contribution in [0.5, 0.6) is 0 Å². The van der Waals surface area contributed by atoms with Gasteiger partial charge in [0.05, 0.1) is 18.9 Å². The van der Waals surface area contributed by atoms with Crippen molar-refractivity contribution in [3.8, 4) is 11.3 Å². The van der Waals surface area contributed by atoms with Gasteiger partial charge in [-0.2, -0.15) is 0 Å². The van der Waals surface area contributed by atoms with Crippen molar-refractivity contribution in [2.75, 3.05) is 44.3 Å². The first-order chi connectivity index (χ1) is 13.2. The number of ether oxygens (including phenoxy) is 1. The molecule has 2 aromatic rings. The van der Waals surface area contributed by atoms with E-state index in [0.29, 0.717) is 31.9 Å². The number of rotatable bonds is 3. The molecule has 142 valence electrons. The minimum absolute atomic E-state index is 0.0673. The van der Waals surface area contributed by atoms with Gasteiger partial charge in [0.1, 0.15) is 0 Å². The lowest BCUT2D eigenvalue weighted by atomic mass is 10.1. The van der Waals surface area contributed by atoms with E-state index in [0.717, 1.165) is 36.0 Å². The van der Waals surface area contributed by atoms with Gasteiger partial charge < -0.3 is 14.5 Å². The van der Waals surface area contributed by atoms with Crippen LogP contribution in [0.4, 0.5) is 5.95 Å². The Morgan fingerprint density at radius 1 is 0.963 bits per heavy atom. The van der Waals surface area contributed by atoms with Gasteiger partial charge in [-0.3, -0.25) is 4.79 Å². The van der Waals surface area contributed by atoms with Crippen LogP contribution in [-0.2, 0) is 4.74 Å². The summed E-state index contributed by atoms with van der Waals surface area (Å²) in [6, 6.07) is 9.76. The largest absolute Gasteiger partial charge is 0.378 e. The Balaban J connectivity index is 1.54. The third kappa shape index (κ3) is 4.11. The number of aromatic nitrogens is 2. The molecule has 4 rings (SSSR count). The smallest absolute Gasteiger partial charge is 0.254 e. The predicted molar refractivity (Wildman–Crippen MR) is 105 cm³/mol. The van der Waals surface area contributed by atoms with Gasteiger partial charge >= 0.3 is 0 Å². The Bertz CT molecular complexity index is 794. The van der Waals surface area contributed by atoms with E-state index in [1.807, 2.05) is 42.2 Å². The first-order valence-corrected chi connectivity index (χ1v) is 9.79. The molecule has 27 heavy (non-hydrogen) atoms. The van der Waals surface area contributed by atoms with Crippen LogP contribution in [0.15, 0.2) is 30.3 Å². The van der Waals surface area contributed by atoms with Gasteiger partial charge in [0, 0.05) is 43.0 Å². The monoisotopic (exact) mass is 366 g/mol. The molecular formula is C21H26N4O2. The highest BCUT2D eigenvalue weighted by molar-refractivity contribution is 5.94. The lowest BCUT2D eigenvalue weighted by molar-refractivity contribution is 0.0303. The molecule has 3 heterocycles. The maximum Gasteiger partial charge on any atom is 0.254 e. The van der Waals surface area contributed by atoms with Gasteiger partial charge in [-0.05, 0) is 44.4 Å². The van der Waals surface area contributed by atoms with E-state index in [4.69, 9.17) is 9.72 Å². The van der Waals surface area contributed by atoms with Gasteiger partial charge in [-0.1, -0.05) is 12.1 Å². The quantitative estimate of drug-likeness (QED) is 0.836. The average Bonchev–Trinajstić information content (AvgIpc) is 2.74. The molecule has 2 saturated heterocycles. The summed E-state index contributed by atoms with van der Waals surface area (Å²) in [6.45, 7) is 6.60. The van der Waals surface area contributed by atoms with Gasteiger partial charge in [-0.25, -0.2) is 9.97 Å². The summed E-state index contributed by atoms with van der Waals surface area (Å²) in [6.07, 6.45) is 3.68. The summed E-state index contributed by atoms with van der Waals surface area (Å²) in [7, 11) is 0. The van der Waals surface area contributed by atoms with Crippen LogP contribution in [0.25, 0.3) is 11.3 Å². The number of carbonyl (C=O) groups is 1. The molecule has 2 aliphatic heterocycles. The molecule has 2 aliphatic rings. The van der Waals surface area contributed by atoms with Gasteiger partial charge in [-0.15, -0.1) is 0 Å². The van der Waals surface area contributed by atoms with Crippen LogP contribution in [-0.4, -0.2) is 60.2 Å². The summed E-state index contributed by atoms with van der Waals surface area (Å²) in [5.74, 6) is 0.885. The highest BCUT2D eigenvalue weighted by atomic mass is 16.5. The third-order valence-electron chi connectivity index (χ3n) is 5.21. The van der Waals surface area contributed by atoms with E-state index in [2.05, 4.69) is 9.88 Å². The number of hydrogen-bond acceptors (Lipinski definition) is 5. The maximum atomic E-state index is 12.6. The fourth-order valence-corrected chi connectivity index (χ4v) is 3.67. The molecule has 0 N–H and O–H groups in total. The molecule has 1 aromatic heterocycles. The maximum absolute atomic E-state index is 12.6. The molecule has 0 aliphatic carbocycles. The highest BCUT2D eigenvalue weighted by Gasteiger charge is 2.19. The fraction of sp³-hybridized carbons (Fsp3) is 0.476. The minimum Gasteiger partial charge on any atom is -0.378 e. The van der Waals surface area contributed by atoms with Crippen molar-refractivity contribution in [3.63, 3.8) is 0 Å². The normalized spacial score (nSPS) is 17.8. The molecular weight excluding hydrogens is 340 g/mol. The van der Waals surface area contributed by atoms with Crippen molar-refractivity contribution < 1.29 is 9.53 Å². The average molecular weight is 366 g/mol. The molecule has 0 spiro atoms. The number of aryl methyl sites for hydroxylation is 1. The number of anilines is 1. The Morgan fingerprint density at radius 2 is 1.67 bits per heavy atom. The fourth-order valence-electron chi connectivity index (χ4n) is 3.67. The first-order valence-electron chi connectivity index (χ1n) is 9.79. The zero-order valence-electron chi connectivity index (χ0n) is 15.9. The van der Waals surface area contributed by atoms with Crippen LogP contribution < -0.4 is 4.90 Å². The number of carbonyl (C=O) groups excluding carboxylic acids is 1. The second-order valence-corrected chi connectivity index (χ2v) is 7.22. The van der Waals surface area contributed by atoms with E-state index < -0.39 is 0 Å². The Kier molecular flexibility index (Phi) is 5.34. The van der Waals surface area contributed by atoms with Crippen LogP contribution in [0.1, 0.15) is 35.3 Å². The van der Waals surface area contributed by atoms with E-state index >= 15 is 0 Å². The lowest BCUT2D eigenvalue weighted by Crippen LogP contribution is -2.40. The molecule has 1 amide bonds. The summed E-state index contributed by atoms with van der Waals surface area (Å²) in [5, 5.41) is 0. The van der Waals surface area contributed by atoms with E-state index in [9.17, 15) is 4.79 Å². The molecule has 2 fully saturated rings. The second kappa shape index (κ2) is 8.05. The number of morpholine rings is 1. The molecule has 1 aromatic carbocycles. The summed E-state index contributed by atoms with van der Waals surface area (Å²) < 4.78 is 5.32. The Labute approximate surface area is 160 Å². The van der Waals surface area contributed by atoms with Crippen molar-refractivity contribution in [2.45, 2.75) is 26.2 Å². The van der Waals surface area contributed by atoms with Crippen LogP contribution in [0.2, 0.25) is 0 Å². The van der Waals surface area contributed by atoms with E-state index in [1.54, 1.807) is 0 Å². The van der Waals surface area contributed by atoms with Crippen molar-refractivity contribution in [3.05, 3.63) is 41.6 Å². The summed E-state index contributed by atoms with van der Waals surface area (Å²) in [4.78, 5) is 26.2. The van der Waals surface area contributed by atoms with E-state index in [1.165, 1.54) is 19.3 Å². The number of piperidine rings is 1. The molecule has 0 bridgehead atoms. The molecule has 0 atom stereocenters. The highest BCUT2D eigenvalue weighted by Crippen LogP contribution is 2.23. The Morgan fingerprint density at radius 3 is 2.37 bits per heavy atom. The number of hydrogen-bond donors (Lipinski definition) is 0. The van der Waals surface area contributed by atoms with Crippen LogP contribution in [0, 0.1) is 6.92 Å². The summed E-state index contributed by atoms with van der Waals surface area (Å²) >= 11 is 0. The van der Waals surface area contributed by atoms with Crippen molar-refractivity contribution in [1.82, 2.24) is 14.9 Å². The molecule has 6 nitrogen and oxygen atoms in total. The standard InChI is InChI=1S/C21H26N4O2/c1-16-15-19(23-21(22-16)25-9-3-2-4-10-25)17-5-7-18(8-6-17)20(26)24-11-13-27-14-12-24/h5-8,15H,2-4,9-14H2,1H3. The van der Waals surface area contributed by atoms with Crippen molar-refractivity contribution >= 4 is 11.9 Å². The minimum atomic E-state index is 0.0673. The number of amides is 1. The lowest BCUT2D eigenvalue weighted by Gasteiger charge is -2.27. The topological polar surface area (TPSA) is 58.6 Å². The molecule has 0 unspecified atom stereocenters. The molecule has 6 heteroatoms. The number of nitrogens with zero attached hydrogens (tertiary/aromatic N) is 4. The predicted octanol–water partition coefficient (Wildman–Crippen LogP) is 2.91. The van der Waals surface area contributed by atoms with Gasteiger partial charge in [0.25, 0.3) is 5.91 Å². The van der Waals surface area contributed by atoms with Crippen LogP contribution in [0.3, 0.4) is 0 Å². The zero-order chi connectivity index (χ0) is 18.6. The molecule has 0 saturated carbocycles. The molecule has 0 radical (unpaired) electrons. The summed E-state index contributed by atoms with van der Waals surface area (Å²) in [5.41, 5.74) is 3.60. The first kappa shape index (κ1) is 17.9.